The molecule has 24 heavy (non-hydrogen) atoms. The van der Waals surface area contributed by atoms with Crippen molar-refractivity contribution in [2.45, 2.75) is 71.2 Å². The quantitative estimate of drug-likeness (QED) is 0.784. The second-order valence-corrected chi connectivity index (χ2v) is 7.53. The Morgan fingerprint density at radius 2 is 1.42 bits per heavy atom. The van der Waals surface area contributed by atoms with Crippen LogP contribution in [-0.2, 0) is 15.5 Å². The van der Waals surface area contributed by atoms with Gasteiger partial charge in [0, 0.05) is 11.2 Å². The molecule has 2 rings (SSSR count). The molecule has 1 heterocycles. The van der Waals surface area contributed by atoms with Crippen molar-refractivity contribution < 1.29 is 41.3 Å². The fourth-order valence-electron chi connectivity index (χ4n) is 3.13. The summed E-state index contributed by atoms with van der Waals surface area (Å²) in [6.07, 6.45) is -3.53. The van der Waals surface area contributed by atoms with E-state index in [0.717, 1.165) is 18.6 Å². The molecule has 0 amide bonds. The fraction of sp³-hybridized carbons (Fsp3) is 0.647. The monoisotopic (exact) mass is 336 g/mol. The Kier molecular flexibility index (Phi) is 6.06. The van der Waals surface area contributed by atoms with Crippen molar-refractivity contribution in [1.82, 2.24) is 0 Å². The summed E-state index contributed by atoms with van der Waals surface area (Å²) in [5, 5.41) is 0. The Bertz CT molecular complexity index is 554. The first kappa shape index (κ1) is 21.6. The van der Waals surface area contributed by atoms with Crippen molar-refractivity contribution in [2.75, 3.05) is 0 Å². The van der Waals surface area contributed by atoms with E-state index in [9.17, 15) is 13.2 Å². The van der Waals surface area contributed by atoms with Gasteiger partial charge in [-0.3, -0.25) is 0 Å². The van der Waals surface area contributed by atoms with Crippen LogP contribution in [0.25, 0.3) is 0 Å². The number of alkyl halides is 3. The summed E-state index contributed by atoms with van der Waals surface area (Å²) in [6, 6.07) is 5.19. The molecule has 1 saturated heterocycles. The Morgan fingerprint density at radius 1 is 1.00 bits per heavy atom. The maximum Gasteiger partial charge on any atom is 1.00 e. The van der Waals surface area contributed by atoms with Crippen molar-refractivity contribution in [1.29, 1.82) is 0 Å². The second kappa shape index (κ2) is 6.72. The molecule has 0 saturated carbocycles. The summed E-state index contributed by atoms with van der Waals surface area (Å²) in [4.78, 5) is 0. The van der Waals surface area contributed by atoms with Crippen LogP contribution in [0.15, 0.2) is 24.3 Å². The third kappa shape index (κ3) is 3.58. The summed E-state index contributed by atoms with van der Waals surface area (Å²) >= 11 is 0. The van der Waals surface area contributed by atoms with Crippen LogP contribution in [0.2, 0.25) is 5.82 Å². The average molecular weight is 336 g/mol. The minimum Gasteiger partial charge on any atom is -0.558 e. The molecule has 1 aliphatic heterocycles. The second-order valence-electron chi connectivity index (χ2n) is 7.53. The smallest absolute Gasteiger partial charge is 0.558 e. The summed E-state index contributed by atoms with van der Waals surface area (Å²) in [5.41, 5.74) is -1.03. The number of hydrogen-bond donors (Lipinski definition) is 0. The van der Waals surface area contributed by atoms with E-state index in [2.05, 4.69) is 0 Å². The standard InChI is InChI=1S/C17H25BF3O2.Li/c1-7-12(2)18(22-15(3,4)16(5,6)23-18)14-10-8-13(9-11-14)17(19,20)21;/h8-12H,7H2,1-6H3;/q-1;+1. The minimum absolute atomic E-state index is 0. The molecule has 0 aliphatic carbocycles. The molecule has 0 radical (unpaired) electrons. The topological polar surface area (TPSA) is 18.5 Å². The molecule has 2 nitrogen and oxygen atoms in total. The van der Waals surface area contributed by atoms with E-state index in [-0.39, 0.29) is 24.7 Å². The van der Waals surface area contributed by atoms with Crippen molar-refractivity contribution in [3.05, 3.63) is 29.8 Å². The summed E-state index contributed by atoms with van der Waals surface area (Å²) in [6.45, 7) is 10.1. The van der Waals surface area contributed by atoms with Crippen LogP contribution in [0.1, 0.15) is 53.5 Å². The Balaban J connectivity index is 0.00000288. The van der Waals surface area contributed by atoms with Gasteiger partial charge in [0.1, 0.15) is 0 Å². The van der Waals surface area contributed by atoms with E-state index < -0.39 is 29.5 Å². The van der Waals surface area contributed by atoms with Gasteiger partial charge < -0.3 is 9.31 Å². The molecule has 130 valence electrons. The van der Waals surface area contributed by atoms with Crippen molar-refractivity contribution in [3.63, 3.8) is 0 Å². The summed E-state index contributed by atoms with van der Waals surface area (Å²) in [5.74, 6) is 0.0628. The van der Waals surface area contributed by atoms with Gasteiger partial charge in [-0.15, -0.1) is 5.82 Å². The average Bonchev–Trinajstić information content (AvgIpc) is 2.63. The summed E-state index contributed by atoms with van der Waals surface area (Å²) < 4.78 is 51.2. The first-order valence-electron chi connectivity index (χ1n) is 8.08. The van der Waals surface area contributed by atoms with Gasteiger partial charge in [0.2, 0.25) is 0 Å². The number of benzene rings is 1. The molecule has 1 aliphatic rings. The Labute approximate surface area is 154 Å². The van der Waals surface area contributed by atoms with Crippen molar-refractivity contribution in [3.8, 4) is 0 Å². The van der Waals surface area contributed by atoms with Gasteiger partial charge in [0.05, 0.1) is 5.56 Å². The number of halogens is 3. The fourth-order valence-corrected chi connectivity index (χ4v) is 3.13. The Morgan fingerprint density at radius 3 is 1.75 bits per heavy atom. The van der Waals surface area contributed by atoms with E-state index >= 15 is 0 Å². The predicted molar refractivity (Wildman–Crippen MR) is 86.9 cm³/mol. The minimum atomic E-state index is -4.34. The molecule has 1 atom stereocenters. The predicted octanol–water partition coefficient (Wildman–Crippen LogP) is 1.76. The zero-order valence-electron chi connectivity index (χ0n) is 15.6. The van der Waals surface area contributed by atoms with Crippen LogP contribution in [0.4, 0.5) is 13.2 Å². The van der Waals surface area contributed by atoms with Gasteiger partial charge in [-0.05, 0) is 27.7 Å². The summed E-state index contributed by atoms with van der Waals surface area (Å²) in [7, 11) is 0. The van der Waals surface area contributed by atoms with Crippen LogP contribution in [-0.4, -0.2) is 17.8 Å². The molecular formula is C17H25BF3LiO2. The van der Waals surface area contributed by atoms with Crippen molar-refractivity contribution >= 4 is 12.0 Å². The zero-order valence-corrected chi connectivity index (χ0v) is 15.6. The molecule has 1 unspecified atom stereocenters. The first-order valence-corrected chi connectivity index (χ1v) is 8.08. The van der Waals surface area contributed by atoms with Crippen LogP contribution >= 0.6 is 0 Å². The maximum absolute atomic E-state index is 12.8. The van der Waals surface area contributed by atoms with Gasteiger partial charge in [0.15, 0.2) is 0 Å². The normalized spacial score (nSPS) is 22.7. The van der Waals surface area contributed by atoms with Gasteiger partial charge >= 0.3 is 25.0 Å². The molecular weight excluding hydrogens is 311 g/mol. The molecule has 0 aromatic heterocycles. The van der Waals surface area contributed by atoms with E-state index in [1.165, 1.54) is 12.1 Å². The maximum atomic E-state index is 12.8. The third-order valence-corrected chi connectivity index (χ3v) is 5.49. The first-order chi connectivity index (χ1) is 10.4. The van der Waals surface area contributed by atoms with Crippen LogP contribution in [0.3, 0.4) is 0 Å². The van der Waals surface area contributed by atoms with E-state index in [1.807, 2.05) is 41.5 Å². The molecule has 0 bridgehead atoms. The molecule has 1 fully saturated rings. The zero-order chi connectivity index (χ0) is 17.7. The van der Waals surface area contributed by atoms with Gasteiger partial charge in [-0.2, -0.15) is 18.6 Å². The van der Waals surface area contributed by atoms with Crippen LogP contribution in [0, 0.1) is 0 Å². The van der Waals surface area contributed by atoms with Crippen LogP contribution < -0.4 is 24.3 Å². The van der Waals surface area contributed by atoms with E-state index in [1.54, 1.807) is 0 Å². The molecule has 7 heteroatoms. The number of rotatable bonds is 3. The molecule has 1 aromatic carbocycles. The van der Waals surface area contributed by atoms with Gasteiger partial charge in [0.25, 0.3) is 6.55 Å². The molecule has 0 N–H and O–H groups in total. The third-order valence-electron chi connectivity index (χ3n) is 5.49. The van der Waals surface area contributed by atoms with Crippen LogP contribution in [0.5, 0.6) is 0 Å². The van der Waals surface area contributed by atoms with E-state index in [4.69, 9.17) is 9.31 Å². The Hall–Kier alpha value is -0.408. The molecule has 0 spiro atoms. The van der Waals surface area contributed by atoms with Crippen molar-refractivity contribution in [2.24, 2.45) is 0 Å². The molecule has 1 aromatic rings. The van der Waals surface area contributed by atoms with Gasteiger partial charge in [-0.25, -0.2) is 0 Å². The van der Waals surface area contributed by atoms with Gasteiger partial charge in [-0.1, -0.05) is 44.5 Å². The van der Waals surface area contributed by atoms with E-state index in [0.29, 0.717) is 5.46 Å². The SMILES string of the molecule is CCC(C)[B-]1(c2ccc(C(F)(F)F)cc2)OC(C)(C)C(C)(C)O1.[Li+]. The number of hydrogen-bond acceptors (Lipinski definition) is 2. The largest absolute Gasteiger partial charge is 1.00 e.